The van der Waals surface area contributed by atoms with Crippen molar-refractivity contribution < 1.29 is 18.7 Å². The van der Waals surface area contributed by atoms with Crippen molar-refractivity contribution in [2.45, 2.75) is 71.1 Å². The highest BCUT2D eigenvalue weighted by Gasteiger charge is 2.39. The van der Waals surface area contributed by atoms with Gasteiger partial charge >= 0.3 is 6.09 Å². The Balaban J connectivity index is 1.38. The van der Waals surface area contributed by atoms with Crippen LogP contribution in [0.25, 0.3) is 23.0 Å². The molecule has 0 unspecified atom stereocenters. The van der Waals surface area contributed by atoms with Crippen LogP contribution in [0.3, 0.4) is 0 Å². The van der Waals surface area contributed by atoms with E-state index in [2.05, 4.69) is 25.6 Å². The molecule has 2 atom stereocenters. The highest BCUT2D eigenvalue weighted by Crippen LogP contribution is 2.36. The predicted octanol–water partition coefficient (Wildman–Crippen LogP) is 6.26. The Hall–Kier alpha value is -4.91. The number of aromatic nitrogens is 6. The number of hydrogen-bond acceptors (Lipinski definition) is 10. The Morgan fingerprint density at radius 3 is 2.49 bits per heavy atom. The molecule has 1 fully saturated rings. The number of likely N-dealkylation sites (tertiary alicyclic amines) is 1. The molecule has 1 aromatic carbocycles. The fourth-order valence-corrected chi connectivity index (χ4v) is 6.56. The molecule has 12 nitrogen and oxygen atoms in total. The number of carbonyl (C=O) groups excluding carboxylic acids is 2. The summed E-state index contributed by atoms with van der Waals surface area (Å²) >= 11 is 1.57. The van der Waals surface area contributed by atoms with Crippen molar-refractivity contribution in [1.82, 2.24) is 40.2 Å². The number of carbonyl (C=O) groups is 2. The second-order valence-electron chi connectivity index (χ2n) is 13.1. The van der Waals surface area contributed by atoms with E-state index in [1.165, 1.54) is 0 Å². The summed E-state index contributed by atoms with van der Waals surface area (Å²) in [7, 11) is 1.82. The summed E-state index contributed by atoms with van der Waals surface area (Å²) in [4.78, 5) is 38.5. The third-order valence-electron chi connectivity index (χ3n) is 7.76. The normalized spacial score (nSPS) is 16.2. The van der Waals surface area contributed by atoms with Gasteiger partial charge in [-0.2, -0.15) is 5.10 Å². The average Bonchev–Trinajstić information content (AvgIpc) is 3.83. The quantitative estimate of drug-likeness (QED) is 0.205. The molecule has 1 saturated heterocycles. The number of benzene rings is 1. The van der Waals surface area contributed by atoms with E-state index in [-0.39, 0.29) is 30.2 Å². The van der Waals surface area contributed by atoms with Crippen LogP contribution in [0.2, 0.25) is 0 Å². The molecule has 0 aliphatic carbocycles. The van der Waals surface area contributed by atoms with Gasteiger partial charge in [0.05, 0.1) is 11.7 Å². The lowest BCUT2D eigenvalue weighted by molar-refractivity contribution is -0.00123. The predicted molar refractivity (Wildman–Crippen MR) is 176 cm³/mol. The minimum Gasteiger partial charge on any atom is -0.433 e. The fourth-order valence-electron chi connectivity index (χ4n) is 5.62. The maximum Gasteiger partial charge on any atom is 0.408 e. The maximum absolute atomic E-state index is 14.1. The smallest absolute Gasteiger partial charge is 0.408 e. The number of nitrogens with one attached hydrogen (secondary N) is 1. The van der Waals surface area contributed by atoms with Crippen molar-refractivity contribution >= 4 is 23.3 Å². The van der Waals surface area contributed by atoms with Gasteiger partial charge in [-0.1, -0.05) is 30.3 Å². The summed E-state index contributed by atoms with van der Waals surface area (Å²) in [5.74, 6) is 0.0357. The van der Waals surface area contributed by atoms with Gasteiger partial charge in [-0.05, 0) is 71.2 Å². The van der Waals surface area contributed by atoms with E-state index < -0.39 is 17.2 Å². The standard InChI is InChI=1S/C34H38N8O4S/c1-21-20-47-29(35-21)27-13-10-15-42(27)30(43)23-17-25(24-14-16-41(6)40-24)36-26(18-23)28-38-39-31(45-28)34(5,19-22-11-8-7-9-12-22)46-32(44)37-33(2,3)4/h7-9,11-12,14,16-18,20,27H,10,13,15,19H2,1-6H3,(H,37,44)/t27-,34-/m1/s1. The van der Waals surface area contributed by atoms with E-state index >= 15 is 0 Å². The molecule has 4 aromatic heterocycles. The van der Waals surface area contributed by atoms with Crippen LogP contribution < -0.4 is 5.32 Å². The molecule has 13 heteroatoms. The fraction of sp³-hybridized carbons (Fsp3) is 0.382. The molecule has 5 aromatic rings. The van der Waals surface area contributed by atoms with E-state index in [0.717, 1.165) is 29.1 Å². The second kappa shape index (κ2) is 12.7. The molecular formula is C34H38N8O4S. The zero-order chi connectivity index (χ0) is 33.3. The molecule has 1 aliphatic heterocycles. The van der Waals surface area contributed by atoms with Gasteiger partial charge in [-0.15, -0.1) is 21.5 Å². The molecular weight excluding hydrogens is 616 g/mol. The van der Waals surface area contributed by atoms with Crippen molar-refractivity contribution in [2.75, 3.05) is 6.54 Å². The molecule has 6 rings (SSSR count). The van der Waals surface area contributed by atoms with E-state index in [4.69, 9.17) is 14.1 Å². The van der Waals surface area contributed by atoms with Crippen molar-refractivity contribution in [3.05, 3.63) is 87.8 Å². The van der Waals surface area contributed by atoms with Crippen molar-refractivity contribution in [3.8, 4) is 23.0 Å². The van der Waals surface area contributed by atoms with E-state index in [0.29, 0.717) is 29.2 Å². The van der Waals surface area contributed by atoms with Crippen LogP contribution in [-0.4, -0.2) is 58.9 Å². The van der Waals surface area contributed by atoms with Gasteiger partial charge in [0.1, 0.15) is 16.4 Å². The molecule has 244 valence electrons. The number of amides is 2. The number of rotatable bonds is 8. The molecule has 2 amide bonds. The number of ether oxygens (including phenoxy) is 1. The molecule has 0 saturated carbocycles. The van der Waals surface area contributed by atoms with Crippen molar-refractivity contribution in [1.29, 1.82) is 0 Å². The minimum atomic E-state index is -1.31. The summed E-state index contributed by atoms with van der Waals surface area (Å²) in [6.45, 7) is 9.93. The number of nitrogens with zero attached hydrogens (tertiary/aromatic N) is 7. The van der Waals surface area contributed by atoms with E-state index in [1.807, 2.05) is 87.6 Å². The first-order valence-corrected chi connectivity index (χ1v) is 16.4. The number of thiazole rings is 1. The Morgan fingerprint density at radius 2 is 1.81 bits per heavy atom. The second-order valence-corrected chi connectivity index (χ2v) is 13.9. The number of alkyl carbamates (subject to hydrolysis) is 1. The lowest BCUT2D eigenvalue weighted by Gasteiger charge is -2.29. The van der Waals surface area contributed by atoms with Crippen LogP contribution >= 0.6 is 11.3 Å². The van der Waals surface area contributed by atoms with Crippen LogP contribution in [0.15, 0.2) is 64.5 Å². The topological polar surface area (TPSA) is 141 Å². The lowest BCUT2D eigenvalue weighted by atomic mass is 9.96. The van der Waals surface area contributed by atoms with Crippen LogP contribution in [0.1, 0.15) is 79.1 Å². The van der Waals surface area contributed by atoms with Crippen LogP contribution in [0.5, 0.6) is 0 Å². The van der Waals surface area contributed by atoms with Gasteiger partial charge < -0.3 is 19.4 Å². The molecule has 5 heterocycles. The van der Waals surface area contributed by atoms with Crippen LogP contribution in [0, 0.1) is 6.92 Å². The zero-order valence-electron chi connectivity index (χ0n) is 27.4. The monoisotopic (exact) mass is 654 g/mol. The molecule has 0 spiro atoms. The SMILES string of the molecule is Cc1csc([C@H]2CCCN2C(=O)c2cc(-c3ccn(C)n3)nc(-c3nnc([C@@](C)(Cc4ccccc4)OC(=O)NC(C)(C)C)o3)c2)n1. The third kappa shape index (κ3) is 7.25. The van der Waals surface area contributed by atoms with Gasteiger partial charge in [0.15, 0.2) is 5.60 Å². The molecule has 1 aliphatic rings. The van der Waals surface area contributed by atoms with Crippen molar-refractivity contribution in [2.24, 2.45) is 7.05 Å². The Bertz CT molecular complexity index is 1890. The summed E-state index contributed by atoms with van der Waals surface area (Å²) in [6.07, 6.45) is 3.21. The van der Waals surface area contributed by atoms with Crippen LogP contribution in [-0.2, 0) is 23.8 Å². The summed E-state index contributed by atoms with van der Waals surface area (Å²) in [5.41, 5.74) is 1.83. The van der Waals surface area contributed by atoms with Crippen LogP contribution in [0.4, 0.5) is 4.79 Å². The number of hydrogen-bond donors (Lipinski definition) is 1. The van der Waals surface area contributed by atoms with Gasteiger partial charge in [0.25, 0.3) is 17.7 Å². The third-order valence-corrected chi connectivity index (χ3v) is 8.82. The summed E-state index contributed by atoms with van der Waals surface area (Å²) < 4.78 is 13.9. The van der Waals surface area contributed by atoms with Gasteiger partial charge in [0, 0.05) is 48.4 Å². The molecule has 47 heavy (non-hydrogen) atoms. The Labute approximate surface area is 277 Å². The Kier molecular flexibility index (Phi) is 8.66. The zero-order valence-corrected chi connectivity index (χ0v) is 28.2. The average molecular weight is 655 g/mol. The molecule has 0 bridgehead atoms. The van der Waals surface area contributed by atoms with E-state index in [9.17, 15) is 9.59 Å². The first kappa shape index (κ1) is 32.0. The van der Waals surface area contributed by atoms with Gasteiger partial charge in [-0.25, -0.2) is 14.8 Å². The largest absolute Gasteiger partial charge is 0.433 e. The maximum atomic E-state index is 14.1. The first-order chi connectivity index (χ1) is 22.4. The van der Waals surface area contributed by atoms with Gasteiger partial charge in [0.2, 0.25) is 0 Å². The molecule has 0 radical (unpaired) electrons. The number of aryl methyl sites for hydroxylation is 2. The first-order valence-electron chi connectivity index (χ1n) is 15.5. The number of pyridine rings is 1. The van der Waals surface area contributed by atoms with E-state index in [1.54, 1.807) is 35.1 Å². The highest BCUT2D eigenvalue weighted by atomic mass is 32.1. The van der Waals surface area contributed by atoms with Gasteiger partial charge in [-0.3, -0.25) is 9.48 Å². The highest BCUT2D eigenvalue weighted by molar-refractivity contribution is 7.09. The lowest BCUT2D eigenvalue weighted by Crippen LogP contribution is -2.45. The van der Waals surface area contributed by atoms with Crippen molar-refractivity contribution in [3.63, 3.8) is 0 Å². The summed E-state index contributed by atoms with van der Waals surface area (Å²) in [6, 6.07) is 14.8. The minimum absolute atomic E-state index is 0.0828. The molecule has 1 N–H and O–H groups in total. The Morgan fingerprint density at radius 1 is 1.04 bits per heavy atom. The summed E-state index contributed by atoms with van der Waals surface area (Å²) in [5, 5.41) is 19.0.